The highest BCUT2D eigenvalue weighted by molar-refractivity contribution is 5.15. The predicted molar refractivity (Wildman–Crippen MR) is 70.7 cm³/mol. The van der Waals surface area contributed by atoms with Gasteiger partial charge >= 0.3 is 0 Å². The molecule has 83 valence electrons. The van der Waals surface area contributed by atoms with Crippen molar-refractivity contribution in [2.75, 3.05) is 0 Å². The third kappa shape index (κ3) is 13.0. The Bertz CT molecular complexity index is 216. The van der Waals surface area contributed by atoms with Gasteiger partial charge in [0.1, 0.15) is 0 Å². The summed E-state index contributed by atoms with van der Waals surface area (Å²) in [6.45, 7) is 5.98. The van der Waals surface area contributed by atoms with E-state index in [1.165, 1.54) is 19.3 Å². The molecule has 0 aromatic carbocycles. The highest BCUT2D eigenvalue weighted by Crippen LogP contribution is 1.94. The van der Waals surface area contributed by atoms with E-state index in [-0.39, 0.29) is 0 Å². The van der Waals surface area contributed by atoms with Crippen LogP contribution in [0.1, 0.15) is 39.0 Å². The van der Waals surface area contributed by atoms with Gasteiger partial charge in [0.2, 0.25) is 0 Å². The second-order valence-electron chi connectivity index (χ2n) is 3.41. The van der Waals surface area contributed by atoms with E-state index in [0.717, 1.165) is 12.8 Å². The molecule has 0 aliphatic rings. The lowest BCUT2D eigenvalue weighted by molar-refractivity contribution is 0.866. The highest BCUT2D eigenvalue weighted by atomic mass is 13.8. The average Bonchev–Trinajstić information content (AvgIpc) is 2.26. The molecule has 0 saturated heterocycles. The molecule has 15 heavy (non-hydrogen) atoms. The minimum absolute atomic E-state index is 1.02. The Morgan fingerprint density at radius 2 is 1.33 bits per heavy atom. The maximum atomic E-state index is 3.80. The van der Waals surface area contributed by atoms with Crippen molar-refractivity contribution in [3.05, 3.63) is 55.5 Å². The molecule has 0 aromatic rings. The molecule has 0 spiro atoms. The summed E-state index contributed by atoms with van der Waals surface area (Å²) in [5.41, 5.74) is 0. The Labute approximate surface area is 95.1 Å². The first-order chi connectivity index (χ1) is 7.41. The smallest absolute Gasteiger partial charge is 0.0348 e. The lowest BCUT2D eigenvalue weighted by Crippen LogP contribution is -1.65. The highest BCUT2D eigenvalue weighted by Gasteiger charge is 1.74. The van der Waals surface area contributed by atoms with Crippen molar-refractivity contribution in [1.29, 1.82) is 0 Å². The van der Waals surface area contributed by atoms with Gasteiger partial charge in [0.25, 0.3) is 0 Å². The van der Waals surface area contributed by atoms with Crippen LogP contribution in [-0.2, 0) is 0 Å². The van der Waals surface area contributed by atoms with Gasteiger partial charge in [-0.15, -0.1) is 0 Å². The second kappa shape index (κ2) is 13.0. The van der Waals surface area contributed by atoms with Gasteiger partial charge in [-0.2, -0.15) is 0 Å². The van der Waals surface area contributed by atoms with Crippen molar-refractivity contribution in [2.24, 2.45) is 0 Å². The lowest BCUT2D eigenvalue weighted by atomic mass is 10.2. The minimum atomic E-state index is 1.02. The Kier molecular flexibility index (Phi) is 12.1. The van der Waals surface area contributed by atoms with E-state index < -0.39 is 0 Å². The van der Waals surface area contributed by atoms with Crippen LogP contribution in [0.15, 0.2) is 48.6 Å². The van der Waals surface area contributed by atoms with E-state index >= 15 is 0 Å². The molecule has 0 N–H and O–H groups in total. The van der Waals surface area contributed by atoms with Crippen LogP contribution in [0.25, 0.3) is 0 Å². The van der Waals surface area contributed by atoms with Gasteiger partial charge in [0.05, 0.1) is 0 Å². The van der Waals surface area contributed by atoms with E-state index in [2.05, 4.69) is 62.5 Å². The molecule has 0 rings (SSSR count). The molecule has 0 saturated carbocycles. The zero-order valence-corrected chi connectivity index (χ0v) is 9.86. The van der Waals surface area contributed by atoms with Crippen LogP contribution in [0, 0.1) is 6.92 Å². The largest absolute Gasteiger partial charge is 0.0845 e. The zero-order valence-electron chi connectivity index (χ0n) is 9.86. The minimum Gasteiger partial charge on any atom is -0.0845 e. The molecular weight excluding hydrogens is 180 g/mol. The summed E-state index contributed by atoms with van der Waals surface area (Å²) < 4.78 is 0. The van der Waals surface area contributed by atoms with Crippen molar-refractivity contribution in [3.8, 4) is 0 Å². The number of allylic oxidation sites excluding steroid dienone is 8. The van der Waals surface area contributed by atoms with Crippen LogP contribution >= 0.6 is 0 Å². The summed E-state index contributed by atoms with van der Waals surface area (Å²) in [5, 5.41) is 0. The van der Waals surface area contributed by atoms with Gasteiger partial charge in [0, 0.05) is 0 Å². The van der Waals surface area contributed by atoms with Crippen molar-refractivity contribution in [1.82, 2.24) is 0 Å². The fourth-order valence-electron chi connectivity index (χ4n) is 1.04. The second-order valence-corrected chi connectivity index (χ2v) is 3.41. The molecule has 0 unspecified atom stereocenters. The summed E-state index contributed by atoms with van der Waals surface area (Å²) in [6.07, 6.45) is 22.5. The standard InChI is InChI=1S/C15H23/c1-3-5-7-9-11-13-15-14-12-10-8-6-4-2/h8-15H,1,3-7H2,2H3. The van der Waals surface area contributed by atoms with Gasteiger partial charge in [-0.1, -0.05) is 75.3 Å². The van der Waals surface area contributed by atoms with Crippen molar-refractivity contribution in [3.63, 3.8) is 0 Å². The number of unbranched alkanes of at least 4 members (excludes halogenated alkanes) is 3. The third-order valence-corrected chi connectivity index (χ3v) is 1.90. The lowest BCUT2D eigenvalue weighted by Gasteiger charge is -1.84. The first-order valence-electron chi connectivity index (χ1n) is 5.86. The summed E-state index contributed by atoms with van der Waals surface area (Å²) in [6, 6.07) is 0. The number of rotatable bonds is 8. The number of hydrogen-bond acceptors (Lipinski definition) is 0. The van der Waals surface area contributed by atoms with Crippen LogP contribution in [0.4, 0.5) is 0 Å². The summed E-state index contributed by atoms with van der Waals surface area (Å²) in [5.74, 6) is 0. The molecule has 0 amide bonds. The summed E-state index contributed by atoms with van der Waals surface area (Å²) in [4.78, 5) is 0. The Morgan fingerprint density at radius 1 is 0.800 bits per heavy atom. The normalized spacial score (nSPS) is 12.9. The zero-order chi connectivity index (χ0) is 11.2. The first-order valence-corrected chi connectivity index (χ1v) is 5.86. The van der Waals surface area contributed by atoms with E-state index in [1.54, 1.807) is 0 Å². The topological polar surface area (TPSA) is 0 Å². The van der Waals surface area contributed by atoms with Gasteiger partial charge in [0.15, 0.2) is 0 Å². The van der Waals surface area contributed by atoms with Gasteiger partial charge in [-0.25, -0.2) is 0 Å². The van der Waals surface area contributed by atoms with E-state index in [1.807, 2.05) is 0 Å². The fraction of sp³-hybridized carbons (Fsp3) is 0.400. The monoisotopic (exact) mass is 203 g/mol. The molecule has 0 heteroatoms. The molecule has 1 radical (unpaired) electrons. The maximum Gasteiger partial charge on any atom is -0.0348 e. The van der Waals surface area contributed by atoms with Crippen molar-refractivity contribution in [2.45, 2.75) is 39.0 Å². The van der Waals surface area contributed by atoms with E-state index in [4.69, 9.17) is 0 Å². The Balaban J connectivity index is 3.48. The quantitative estimate of drug-likeness (QED) is 0.384. The molecule has 0 bridgehead atoms. The molecule has 0 nitrogen and oxygen atoms in total. The van der Waals surface area contributed by atoms with Crippen molar-refractivity contribution >= 4 is 0 Å². The third-order valence-electron chi connectivity index (χ3n) is 1.90. The Morgan fingerprint density at radius 3 is 1.87 bits per heavy atom. The van der Waals surface area contributed by atoms with Crippen LogP contribution < -0.4 is 0 Å². The van der Waals surface area contributed by atoms with Gasteiger partial charge in [-0.3, -0.25) is 0 Å². The van der Waals surface area contributed by atoms with Gasteiger partial charge < -0.3 is 0 Å². The molecule has 0 aliphatic carbocycles. The van der Waals surface area contributed by atoms with Crippen LogP contribution in [0.2, 0.25) is 0 Å². The molecular formula is C15H23. The average molecular weight is 203 g/mol. The van der Waals surface area contributed by atoms with E-state index in [9.17, 15) is 0 Å². The first kappa shape index (κ1) is 14.0. The predicted octanol–water partition coefficient (Wildman–Crippen LogP) is 5.02. The SMILES string of the molecule is [CH2]CCCC=CC=CC=CC=CCCC. The summed E-state index contributed by atoms with van der Waals surface area (Å²) in [7, 11) is 0. The number of hydrogen-bond donors (Lipinski definition) is 0. The maximum absolute atomic E-state index is 3.80. The van der Waals surface area contributed by atoms with Crippen LogP contribution in [0.5, 0.6) is 0 Å². The van der Waals surface area contributed by atoms with Crippen molar-refractivity contribution < 1.29 is 0 Å². The Hall–Kier alpha value is -1.04. The molecule has 0 fully saturated rings. The van der Waals surface area contributed by atoms with Crippen LogP contribution in [0.3, 0.4) is 0 Å². The fourth-order valence-corrected chi connectivity index (χ4v) is 1.04. The van der Waals surface area contributed by atoms with Gasteiger partial charge in [-0.05, 0) is 19.3 Å². The molecule has 0 aromatic heterocycles. The molecule has 0 heterocycles. The van der Waals surface area contributed by atoms with Crippen LogP contribution in [-0.4, -0.2) is 0 Å². The summed E-state index contributed by atoms with van der Waals surface area (Å²) >= 11 is 0. The molecule has 0 aliphatic heterocycles. The van der Waals surface area contributed by atoms with E-state index in [0.29, 0.717) is 0 Å². The molecule has 0 atom stereocenters.